The molecule has 0 aliphatic carbocycles. The lowest BCUT2D eigenvalue weighted by Gasteiger charge is -2.01. The van der Waals surface area contributed by atoms with Gasteiger partial charge in [0.25, 0.3) is 0 Å². The van der Waals surface area contributed by atoms with E-state index in [0.717, 1.165) is 10.4 Å². The summed E-state index contributed by atoms with van der Waals surface area (Å²) >= 11 is 1.44. The first-order valence-electron chi connectivity index (χ1n) is 7.71. The number of hydrogen-bond donors (Lipinski definition) is 1. The van der Waals surface area contributed by atoms with Crippen molar-refractivity contribution >= 4 is 23.0 Å². The molecule has 0 atom stereocenters. The highest BCUT2D eigenvalue weighted by Crippen LogP contribution is 2.17. The molecule has 3 aromatic heterocycles. The summed E-state index contributed by atoms with van der Waals surface area (Å²) in [7, 11) is 0. The average molecular weight is 356 g/mol. The Morgan fingerprint density at radius 3 is 2.68 bits per heavy atom. The summed E-state index contributed by atoms with van der Waals surface area (Å²) in [5, 5.41) is 6.54. The van der Waals surface area contributed by atoms with Crippen molar-refractivity contribution in [3.05, 3.63) is 52.3 Å². The Kier molecular flexibility index (Phi) is 5.30. The van der Waals surface area contributed by atoms with Gasteiger partial charge >= 0.3 is 0 Å². The maximum Gasteiger partial charge on any atom is 0.246 e. The van der Waals surface area contributed by atoms with E-state index in [2.05, 4.69) is 20.4 Å². The number of nitrogens with zero attached hydrogens (tertiary/aromatic N) is 3. The van der Waals surface area contributed by atoms with Gasteiger partial charge in [-0.15, -0.1) is 11.3 Å². The summed E-state index contributed by atoms with van der Waals surface area (Å²) in [4.78, 5) is 33.8. The van der Waals surface area contributed by atoms with E-state index in [-0.39, 0.29) is 31.1 Å². The van der Waals surface area contributed by atoms with Crippen LogP contribution in [0.2, 0.25) is 0 Å². The Morgan fingerprint density at radius 1 is 1.16 bits per heavy atom. The molecular weight excluding hydrogens is 340 g/mol. The van der Waals surface area contributed by atoms with E-state index in [1.165, 1.54) is 11.3 Å². The van der Waals surface area contributed by atoms with E-state index >= 15 is 0 Å². The van der Waals surface area contributed by atoms with Crippen molar-refractivity contribution < 1.29 is 14.1 Å². The van der Waals surface area contributed by atoms with Gasteiger partial charge in [-0.05, 0) is 31.2 Å². The normalized spacial score (nSPS) is 10.6. The van der Waals surface area contributed by atoms with Gasteiger partial charge in [0.1, 0.15) is 0 Å². The minimum atomic E-state index is -0.231. The van der Waals surface area contributed by atoms with Crippen molar-refractivity contribution in [2.75, 3.05) is 0 Å². The first-order chi connectivity index (χ1) is 12.1. The molecule has 1 N–H and O–H groups in total. The summed E-state index contributed by atoms with van der Waals surface area (Å²) in [5.74, 6) is 0.492. The number of Topliss-reactive ketones (excluding diaryl/α,β-unsaturated/α-hetero) is 1. The lowest BCUT2D eigenvalue weighted by atomic mass is 10.2. The molecule has 3 aromatic rings. The molecule has 0 fully saturated rings. The van der Waals surface area contributed by atoms with Crippen molar-refractivity contribution in [2.45, 2.75) is 26.3 Å². The van der Waals surface area contributed by atoms with Crippen LogP contribution in [0.1, 0.15) is 33.3 Å². The number of amides is 1. The van der Waals surface area contributed by atoms with Gasteiger partial charge in [0.15, 0.2) is 5.78 Å². The fourth-order valence-electron chi connectivity index (χ4n) is 2.14. The highest BCUT2D eigenvalue weighted by molar-refractivity contribution is 7.14. The topological polar surface area (TPSA) is 98.0 Å². The van der Waals surface area contributed by atoms with Crippen molar-refractivity contribution in [1.29, 1.82) is 0 Å². The number of hydrogen-bond acceptors (Lipinski definition) is 7. The molecule has 7 nitrogen and oxygen atoms in total. The third-order valence-electron chi connectivity index (χ3n) is 3.44. The van der Waals surface area contributed by atoms with Crippen molar-refractivity contribution in [3.8, 4) is 11.4 Å². The zero-order valence-electron chi connectivity index (χ0n) is 13.6. The van der Waals surface area contributed by atoms with E-state index in [1.807, 2.05) is 13.0 Å². The van der Waals surface area contributed by atoms with Gasteiger partial charge in [-0.2, -0.15) is 4.98 Å². The molecule has 0 aliphatic rings. The van der Waals surface area contributed by atoms with Gasteiger partial charge in [0, 0.05) is 35.7 Å². The van der Waals surface area contributed by atoms with Crippen LogP contribution >= 0.6 is 11.3 Å². The van der Waals surface area contributed by atoms with Gasteiger partial charge in [0.2, 0.25) is 17.6 Å². The number of pyridine rings is 1. The molecule has 0 saturated carbocycles. The fraction of sp³-hybridized carbons (Fsp3) is 0.235. The largest absolute Gasteiger partial charge is 0.347 e. The van der Waals surface area contributed by atoms with Crippen LogP contribution in [-0.2, 0) is 11.3 Å². The molecule has 1 amide bonds. The first kappa shape index (κ1) is 17.0. The molecule has 8 heteroatoms. The number of thiophene rings is 1. The zero-order chi connectivity index (χ0) is 17.6. The monoisotopic (exact) mass is 356 g/mol. The quantitative estimate of drug-likeness (QED) is 0.654. The smallest absolute Gasteiger partial charge is 0.246 e. The summed E-state index contributed by atoms with van der Waals surface area (Å²) < 4.78 is 5.11. The number of rotatable bonds is 7. The molecule has 25 heavy (non-hydrogen) atoms. The van der Waals surface area contributed by atoms with E-state index < -0.39 is 0 Å². The second-order valence-corrected chi connectivity index (χ2v) is 6.65. The second kappa shape index (κ2) is 7.80. The molecule has 3 rings (SSSR count). The van der Waals surface area contributed by atoms with Gasteiger partial charge in [-0.1, -0.05) is 5.16 Å². The summed E-state index contributed by atoms with van der Waals surface area (Å²) in [6.07, 6.45) is 3.58. The van der Waals surface area contributed by atoms with Crippen molar-refractivity contribution in [3.63, 3.8) is 0 Å². The first-order valence-corrected chi connectivity index (χ1v) is 8.53. The Hall–Kier alpha value is -2.87. The lowest BCUT2D eigenvalue weighted by Crippen LogP contribution is -2.23. The van der Waals surface area contributed by atoms with Crippen LogP contribution in [0.5, 0.6) is 0 Å². The van der Waals surface area contributed by atoms with Crippen LogP contribution in [0, 0.1) is 6.92 Å². The molecule has 0 bridgehead atoms. The molecule has 0 unspecified atom stereocenters. The zero-order valence-corrected chi connectivity index (χ0v) is 14.4. The minimum absolute atomic E-state index is 0.0222. The molecule has 0 aliphatic heterocycles. The maximum absolute atomic E-state index is 12.0. The third-order valence-corrected chi connectivity index (χ3v) is 4.48. The number of aromatic nitrogens is 3. The van der Waals surface area contributed by atoms with Gasteiger partial charge in [0.05, 0.1) is 11.4 Å². The Labute approximate surface area is 148 Å². The van der Waals surface area contributed by atoms with Gasteiger partial charge in [-0.3, -0.25) is 14.6 Å². The van der Waals surface area contributed by atoms with Crippen LogP contribution < -0.4 is 5.32 Å². The van der Waals surface area contributed by atoms with Gasteiger partial charge < -0.3 is 9.84 Å². The van der Waals surface area contributed by atoms with Crippen LogP contribution in [0.4, 0.5) is 0 Å². The summed E-state index contributed by atoms with van der Waals surface area (Å²) in [6, 6.07) is 7.23. The van der Waals surface area contributed by atoms with E-state index in [0.29, 0.717) is 16.6 Å². The summed E-state index contributed by atoms with van der Waals surface area (Å²) in [6.45, 7) is 2.07. The Balaban J connectivity index is 1.46. The minimum Gasteiger partial charge on any atom is -0.347 e. The van der Waals surface area contributed by atoms with Crippen LogP contribution in [0.15, 0.2) is 41.2 Å². The Morgan fingerprint density at radius 2 is 1.96 bits per heavy atom. The predicted octanol–water partition coefficient (Wildman–Crippen LogP) is 2.78. The predicted molar refractivity (Wildman–Crippen MR) is 92.0 cm³/mol. The number of carbonyl (C=O) groups is 2. The van der Waals surface area contributed by atoms with Gasteiger partial charge in [-0.25, -0.2) is 0 Å². The van der Waals surface area contributed by atoms with Crippen molar-refractivity contribution in [2.24, 2.45) is 0 Å². The SMILES string of the molecule is Cc1ccc(C(=O)CCC(=O)NCc2nc(-c3ccncc3)no2)s1. The highest BCUT2D eigenvalue weighted by Gasteiger charge is 2.13. The van der Waals surface area contributed by atoms with Crippen LogP contribution in [-0.4, -0.2) is 26.8 Å². The van der Waals surface area contributed by atoms with Crippen LogP contribution in [0.25, 0.3) is 11.4 Å². The number of aryl methyl sites for hydroxylation is 1. The molecule has 3 heterocycles. The summed E-state index contributed by atoms with van der Waals surface area (Å²) in [5.41, 5.74) is 0.785. The Bertz CT molecular complexity index is 873. The molecule has 0 saturated heterocycles. The standard InChI is InChI=1S/C17H16N4O3S/c1-11-2-4-14(25-11)13(22)3-5-15(23)19-10-16-20-17(21-24-16)12-6-8-18-9-7-12/h2,4,6-9H,3,5,10H2,1H3,(H,19,23). The lowest BCUT2D eigenvalue weighted by molar-refractivity contribution is -0.121. The van der Waals surface area contributed by atoms with E-state index in [4.69, 9.17) is 4.52 Å². The number of nitrogens with one attached hydrogen (secondary N) is 1. The van der Waals surface area contributed by atoms with E-state index in [1.54, 1.807) is 30.6 Å². The van der Waals surface area contributed by atoms with Crippen molar-refractivity contribution in [1.82, 2.24) is 20.4 Å². The van der Waals surface area contributed by atoms with E-state index in [9.17, 15) is 9.59 Å². The molecule has 0 spiro atoms. The fourth-order valence-corrected chi connectivity index (χ4v) is 2.98. The molecule has 0 radical (unpaired) electrons. The highest BCUT2D eigenvalue weighted by atomic mass is 32.1. The molecule has 128 valence electrons. The molecule has 0 aromatic carbocycles. The number of carbonyl (C=O) groups excluding carboxylic acids is 2. The second-order valence-electron chi connectivity index (χ2n) is 5.36. The third kappa shape index (κ3) is 4.57. The number of ketones is 1. The molecular formula is C17H16N4O3S. The maximum atomic E-state index is 12.0. The van der Waals surface area contributed by atoms with Crippen LogP contribution in [0.3, 0.4) is 0 Å². The average Bonchev–Trinajstić information content (AvgIpc) is 3.28.